The van der Waals surface area contributed by atoms with Gasteiger partial charge in [0.1, 0.15) is 0 Å². The van der Waals surface area contributed by atoms with Crippen molar-refractivity contribution in [2.75, 3.05) is 33.2 Å². The molecule has 2 heterocycles. The number of hydrogen-bond acceptors (Lipinski definition) is 5. The third-order valence-corrected chi connectivity index (χ3v) is 4.25. The third-order valence-electron chi connectivity index (χ3n) is 3.29. The Balaban J connectivity index is 2.00. The summed E-state index contributed by atoms with van der Waals surface area (Å²) < 4.78 is 0. The minimum absolute atomic E-state index is 0.188. The maximum atomic E-state index is 11.6. The summed E-state index contributed by atoms with van der Waals surface area (Å²) in [5, 5.41) is 1.95. The number of thiophene rings is 1. The summed E-state index contributed by atoms with van der Waals surface area (Å²) in [5.41, 5.74) is 3.29. The molecule has 18 heavy (non-hydrogen) atoms. The zero-order valence-corrected chi connectivity index (χ0v) is 11.5. The van der Waals surface area contributed by atoms with Crippen LogP contribution in [0.5, 0.6) is 0 Å². The highest BCUT2D eigenvalue weighted by molar-refractivity contribution is 7.12. The van der Waals surface area contributed by atoms with Gasteiger partial charge >= 0.3 is 0 Å². The predicted molar refractivity (Wildman–Crippen MR) is 73.4 cm³/mol. The Morgan fingerprint density at radius 3 is 3.06 bits per heavy atom. The maximum absolute atomic E-state index is 11.6. The van der Waals surface area contributed by atoms with Crippen molar-refractivity contribution in [3.63, 3.8) is 0 Å². The van der Waals surface area contributed by atoms with Crippen molar-refractivity contribution in [1.82, 2.24) is 15.2 Å². The molecule has 100 valence electrons. The number of likely N-dealkylation sites (N-methyl/N-ethyl adjacent to an activating group) is 1. The highest BCUT2D eigenvalue weighted by Gasteiger charge is 2.17. The Bertz CT molecular complexity index is 407. The van der Waals surface area contributed by atoms with Gasteiger partial charge in [0.2, 0.25) is 0 Å². The molecular weight excluding hydrogens is 248 g/mol. The number of nitrogens with zero attached hydrogens (tertiary/aromatic N) is 2. The first kappa shape index (κ1) is 13.5. The molecule has 3 N–H and O–H groups in total. The minimum atomic E-state index is -0.188. The molecule has 0 aliphatic carbocycles. The van der Waals surface area contributed by atoms with Crippen molar-refractivity contribution in [1.29, 1.82) is 0 Å². The van der Waals surface area contributed by atoms with E-state index < -0.39 is 0 Å². The SMILES string of the molecule is CN1CCCN(Cc2ccsc2C(=O)NN)CC1. The van der Waals surface area contributed by atoms with Gasteiger partial charge in [-0.25, -0.2) is 5.84 Å². The van der Waals surface area contributed by atoms with Crippen LogP contribution in [0, 0.1) is 0 Å². The molecule has 1 aromatic rings. The van der Waals surface area contributed by atoms with E-state index in [4.69, 9.17) is 5.84 Å². The second-order valence-electron chi connectivity index (χ2n) is 4.68. The van der Waals surface area contributed by atoms with Crippen molar-refractivity contribution in [3.05, 3.63) is 21.9 Å². The average molecular weight is 268 g/mol. The molecule has 0 aromatic carbocycles. The van der Waals surface area contributed by atoms with Gasteiger partial charge in [-0.2, -0.15) is 0 Å². The van der Waals surface area contributed by atoms with Gasteiger partial charge in [-0.1, -0.05) is 0 Å². The van der Waals surface area contributed by atoms with Crippen LogP contribution in [0.4, 0.5) is 0 Å². The van der Waals surface area contributed by atoms with Crippen LogP contribution in [0.15, 0.2) is 11.4 Å². The van der Waals surface area contributed by atoms with Gasteiger partial charge in [0, 0.05) is 19.6 Å². The van der Waals surface area contributed by atoms with Crippen LogP contribution in [0.3, 0.4) is 0 Å². The van der Waals surface area contributed by atoms with Crippen molar-refractivity contribution in [2.24, 2.45) is 5.84 Å². The topological polar surface area (TPSA) is 61.6 Å². The molecule has 0 atom stereocenters. The molecule has 0 bridgehead atoms. The van der Waals surface area contributed by atoms with Crippen LogP contribution in [0.1, 0.15) is 21.7 Å². The van der Waals surface area contributed by atoms with Crippen molar-refractivity contribution in [3.8, 4) is 0 Å². The van der Waals surface area contributed by atoms with E-state index in [0.29, 0.717) is 0 Å². The minimum Gasteiger partial charge on any atom is -0.305 e. The number of nitrogen functional groups attached to an aromatic ring is 1. The second-order valence-corrected chi connectivity index (χ2v) is 5.60. The summed E-state index contributed by atoms with van der Waals surface area (Å²) in [4.78, 5) is 17.1. The second kappa shape index (κ2) is 6.29. The molecule has 0 unspecified atom stereocenters. The van der Waals surface area contributed by atoms with Crippen molar-refractivity contribution >= 4 is 17.2 Å². The van der Waals surface area contributed by atoms with Gasteiger partial charge in [-0.3, -0.25) is 15.1 Å². The molecule has 5 nitrogen and oxygen atoms in total. The number of carbonyl (C=O) groups excluding carboxylic acids is 1. The fourth-order valence-corrected chi connectivity index (χ4v) is 3.04. The van der Waals surface area contributed by atoms with Crippen LogP contribution in [0.2, 0.25) is 0 Å². The zero-order valence-electron chi connectivity index (χ0n) is 10.7. The highest BCUT2D eigenvalue weighted by Crippen LogP contribution is 2.19. The monoisotopic (exact) mass is 268 g/mol. The summed E-state index contributed by atoms with van der Waals surface area (Å²) in [6, 6.07) is 2.02. The summed E-state index contributed by atoms with van der Waals surface area (Å²) >= 11 is 1.45. The first-order valence-corrected chi connectivity index (χ1v) is 7.07. The van der Waals surface area contributed by atoms with Crippen molar-refractivity contribution < 1.29 is 4.79 Å². The number of rotatable bonds is 3. The van der Waals surface area contributed by atoms with Crippen LogP contribution in [0.25, 0.3) is 0 Å². The number of nitrogens with two attached hydrogens (primary N) is 1. The van der Waals surface area contributed by atoms with E-state index in [1.54, 1.807) is 0 Å². The normalized spacial score (nSPS) is 18.6. The fourth-order valence-electron chi connectivity index (χ4n) is 2.22. The summed E-state index contributed by atoms with van der Waals surface area (Å²) in [6.07, 6.45) is 1.18. The summed E-state index contributed by atoms with van der Waals surface area (Å²) in [5.74, 6) is 5.01. The van der Waals surface area contributed by atoms with E-state index in [9.17, 15) is 4.79 Å². The van der Waals surface area contributed by atoms with Gasteiger partial charge in [-0.15, -0.1) is 11.3 Å². The molecule has 1 fully saturated rings. The standard InChI is InChI=1S/C12H20N4OS/c1-15-4-2-5-16(7-6-15)9-10-3-8-18-11(10)12(17)14-13/h3,8H,2,4-7,9,13H2,1H3,(H,14,17). The summed E-state index contributed by atoms with van der Waals surface area (Å²) in [6.45, 7) is 5.21. The Morgan fingerprint density at radius 2 is 2.28 bits per heavy atom. The number of amides is 1. The summed E-state index contributed by atoms with van der Waals surface area (Å²) in [7, 11) is 2.15. The lowest BCUT2D eigenvalue weighted by Crippen LogP contribution is -2.32. The van der Waals surface area contributed by atoms with Gasteiger partial charge in [0.05, 0.1) is 4.88 Å². The first-order valence-electron chi connectivity index (χ1n) is 6.19. The average Bonchev–Trinajstić information content (AvgIpc) is 2.73. The Hall–Kier alpha value is -0.950. The predicted octanol–water partition coefficient (Wildman–Crippen LogP) is 0.489. The van der Waals surface area contributed by atoms with E-state index in [1.807, 2.05) is 11.4 Å². The number of hydrazine groups is 1. The molecule has 1 amide bonds. The van der Waals surface area contributed by atoms with E-state index >= 15 is 0 Å². The maximum Gasteiger partial charge on any atom is 0.275 e. The lowest BCUT2D eigenvalue weighted by atomic mass is 10.2. The van der Waals surface area contributed by atoms with Crippen LogP contribution in [-0.2, 0) is 6.54 Å². The van der Waals surface area contributed by atoms with Gasteiger partial charge in [0.25, 0.3) is 5.91 Å². The largest absolute Gasteiger partial charge is 0.305 e. The molecular formula is C12H20N4OS. The molecule has 1 aliphatic heterocycles. The van der Waals surface area contributed by atoms with E-state index in [2.05, 4.69) is 22.3 Å². The smallest absolute Gasteiger partial charge is 0.275 e. The lowest BCUT2D eigenvalue weighted by Gasteiger charge is -2.20. The molecule has 0 spiro atoms. The molecule has 0 radical (unpaired) electrons. The molecule has 1 aliphatic rings. The van der Waals surface area contributed by atoms with Gasteiger partial charge < -0.3 is 4.90 Å². The third kappa shape index (κ3) is 3.29. The fraction of sp³-hybridized carbons (Fsp3) is 0.583. The van der Waals surface area contributed by atoms with Gasteiger partial charge in [-0.05, 0) is 43.6 Å². The number of hydrogen-bond donors (Lipinski definition) is 2. The Labute approximate surface area is 112 Å². The molecule has 1 saturated heterocycles. The van der Waals surface area contributed by atoms with E-state index in [0.717, 1.165) is 43.2 Å². The Kier molecular flexibility index (Phi) is 4.71. The van der Waals surface area contributed by atoms with Crippen LogP contribution >= 0.6 is 11.3 Å². The van der Waals surface area contributed by atoms with Crippen LogP contribution < -0.4 is 11.3 Å². The quantitative estimate of drug-likeness (QED) is 0.476. The van der Waals surface area contributed by atoms with E-state index in [-0.39, 0.29) is 5.91 Å². The van der Waals surface area contributed by atoms with E-state index in [1.165, 1.54) is 17.8 Å². The van der Waals surface area contributed by atoms with Gasteiger partial charge in [0.15, 0.2) is 0 Å². The lowest BCUT2D eigenvalue weighted by molar-refractivity contribution is 0.0956. The number of carbonyl (C=O) groups is 1. The zero-order chi connectivity index (χ0) is 13.0. The first-order chi connectivity index (χ1) is 8.70. The Morgan fingerprint density at radius 1 is 1.44 bits per heavy atom. The number of nitrogens with one attached hydrogen (secondary N) is 1. The molecule has 0 saturated carbocycles. The molecule has 6 heteroatoms. The molecule has 1 aromatic heterocycles. The van der Waals surface area contributed by atoms with Crippen LogP contribution in [-0.4, -0.2) is 48.9 Å². The molecule has 2 rings (SSSR count). The highest BCUT2D eigenvalue weighted by atomic mass is 32.1. The van der Waals surface area contributed by atoms with Crippen molar-refractivity contribution in [2.45, 2.75) is 13.0 Å².